The van der Waals surface area contributed by atoms with Crippen LogP contribution in [0.4, 0.5) is 6.01 Å². The van der Waals surface area contributed by atoms with Crippen molar-refractivity contribution in [1.82, 2.24) is 15.1 Å². The van der Waals surface area contributed by atoms with Gasteiger partial charge in [0.25, 0.3) is 0 Å². The predicted octanol–water partition coefficient (Wildman–Crippen LogP) is 4.06. The van der Waals surface area contributed by atoms with E-state index in [1.807, 2.05) is 37.3 Å². The number of nitriles is 1. The Hall–Kier alpha value is -3.02. The summed E-state index contributed by atoms with van der Waals surface area (Å²) in [6.07, 6.45) is 0. The molecule has 0 aliphatic heterocycles. The number of aromatic nitrogens is 2. The van der Waals surface area contributed by atoms with Crippen LogP contribution in [0.5, 0.6) is 0 Å². The van der Waals surface area contributed by atoms with Crippen LogP contribution in [0.1, 0.15) is 30.0 Å². The van der Waals surface area contributed by atoms with Crippen LogP contribution < -0.4 is 5.73 Å². The molecule has 0 fully saturated rings. The summed E-state index contributed by atoms with van der Waals surface area (Å²) < 4.78 is 5.26. The summed E-state index contributed by atoms with van der Waals surface area (Å²) >= 11 is 7.55. The van der Waals surface area contributed by atoms with E-state index in [-0.39, 0.29) is 36.2 Å². The van der Waals surface area contributed by atoms with E-state index < -0.39 is 0 Å². The summed E-state index contributed by atoms with van der Waals surface area (Å²) in [6, 6.07) is 16.2. The topological polar surface area (TPSA) is 109 Å². The number of benzene rings is 2. The van der Waals surface area contributed by atoms with E-state index in [9.17, 15) is 4.79 Å². The lowest BCUT2D eigenvalue weighted by atomic mass is 10.0. The average Bonchev–Trinajstić information content (AvgIpc) is 3.15. The summed E-state index contributed by atoms with van der Waals surface area (Å²) in [5.74, 6) is 0.316. The maximum atomic E-state index is 13.1. The summed E-state index contributed by atoms with van der Waals surface area (Å²) in [7, 11) is 0. The molecule has 3 aromatic rings. The fraction of sp³-hybridized carbons (Fsp3) is 0.200. The largest absolute Gasteiger partial charge is 0.406 e. The zero-order chi connectivity index (χ0) is 20.8. The molecule has 0 aliphatic rings. The second-order valence-corrected chi connectivity index (χ2v) is 7.61. The van der Waals surface area contributed by atoms with Gasteiger partial charge in [-0.3, -0.25) is 4.79 Å². The van der Waals surface area contributed by atoms with Gasteiger partial charge in [-0.05, 0) is 36.8 Å². The molecule has 2 aromatic carbocycles. The normalized spacial score (nSPS) is 11.6. The maximum Gasteiger partial charge on any atom is 0.312 e. The Morgan fingerprint density at radius 3 is 2.62 bits per heavy atom. The monoisotopic (exact) mass is 427 g/mol. The fourth-order valence-electron chi connectivity index (χ4n) is 2.72. The van der Waals surface area contributed by atoms with Crippen molar-refractivity contribution >= 4 is 35.3 Å². The zero-order valence-electron chi connectivity index (χ0n) is 15.6. The highest BCUT2D eigenvalue weighted by molar-refractivity contribution is 8.00. The Kier molecular flexibility index (Phi) is 6.75. The third kappa shape index (κ3) is 5.28. The minimum absolute atomic E-state index is 0.0520. The number of rotatable bonds is 7. The van der Waals surface area contributed by atoms with Gasteiger partial charge in [0.1, 0.15) is 0 Å². The lowest BCUT2D eigenvalue weighted by molar-refractivity contribution is -0.131. The van der Waals surface area contributed by atoms with Crippen molar-refractivity contribution < 1.29 is 9.21 Å². The molecule has 1 heterocycles. The van der Waals surface area contributed by atoms with E-state index in [0.29, 0.717) is 10.6 Å². The molecule has 0 radical (unpaired) electrons. The van der Waals surface area contributed by atoms with Crippen LogP contribution in [-0.4, -0.2) is 26.8 Å². The van der Waals surface area contributed by atoms with Gasteiger partial charge in [0.2, 0.25) is 11.8 Å². The van der Waals surface area contributed by atoms with Gasteiger partial charge in [-0.15, -0.1) is 16.9 Å². The molecular formula is C20H18ClN5O2S. The SMILES string of the molecule is CC(c1ccc(C#N)cc1)N(Cc1nnc(N)o1)C(=O)CSc1ccccc1Cl. The molecule has 0 bridgehead atoms. The summed E-state index contributed by atoms with van der Waals surface area (Å²) in [6.45, 7) is 2.02. The van der Waals surface area contributed by atoms with Crippen molar-refractivity contribution in [1.29, 1.82) is 5.26 Å². The maximum absolute atomic E-state index is 13.1. The summed E-state index contributed by atoms with van der Waals surface area (Å²) in [4.78, 5) is 15.5. The molecule has 1 atom stereocenters. The van der Waals surface area contributed by atoms with Crippen molar-refractivity contribution in [3.8, 4) is 6.07 Å². The smallest absolute Gasteiger partial charge is 0.312 e. The number of nitrogens with two attached hydrogens (primary N) is 1. The molecule has 7 nitrogen and oxygen atoms in total. The Labute approximate surface area is 177 Å². The number of carbonyl (C=O) groups excluding carboxylic acids is 1. The molecule has 1 unspecified atom stereocenters. The molecule has 0 saturated carbocycles. The highest BCUT2D eigenvalue weighted by atomic mass is 35.5. The van der Waals surface area contributed by atoms with E-state index in [2.05, 4.69) is 16.3 Å². The molecule has 1 aromatic heterocycles. The summed E-state index contributed by atoms with van der Waals surface area (Å²) in [5, 5.41) is 17.1. The van der Waals surface area contributed by atoms with Crippen LogP contribution in [0.2, 0.25) is 5.02 Å². The van der Waals surface area contributed by atoms with Gasteiger partial charge in [0, 0.05) is 4.90 Å². The van der Waals surface area contributed by atoms with E-state index in [0.717, 1.165) is 10.5 Å². The van der Waals surface area contributed by atoms with Crippen molar-refractivity contribution in [2.75, 3.05) is 11.5 Å². The fourth-order valence-corrected chi connectivity index (χ4v) is 3.84. The molecule has 0 saturated heterocycles. The number of hydrogen-bond acceptors (Lipinski definition) is 7. The first-order valence-electron chi connectivity index (χ1n) is 8.72. The molecule has 148 valence electrons. The highest BCUT2D eigenvalue weighted by Gasteiger charge is 2.24. The van der Waals surface area contributed by atoms with Crippen molar-refractivity contribution in [3.05, 3.63) is 70.6 Å². The van der Waals surface area contributed by atoms with E-state index in [1.165, 1.54) is 11.8 Å². The third-order valence-electron chi connectivity index (χ3n) is 4.29. The van der Waals surface area contributed by atoms with Crippen LogP contribution in [0.3, 0.4) is 0 Å². The van der Waals surface area contributed by atoms with Gasteiger partial charge in [0.05, 0.1) is 35.0 Å². The Balaban J connectivity index is 1.80. The molecular weight excluding hydrogens is 410 g/mol. The molecule has 2 N–H and O–H groups in total. The Morgan fingerprint density at radius 1 is 1.28 bits per heavy atom. The lowest BCUT2D eigenvalue weighted by Gasteiger charge is -2.28. The van der Waals surface area contributed by atoms with E-state index in [4.69, 9.17) is 27.0 Å². The Morgan fingerprint density at radius 2 is 2.00 bits per heavy atom. The second-order valence-electron chi connectivity index (χ2n) is 6.18. The number of nitrogen functional groups attached to an aromatic ring is 1. The van der Waals surface area contributed by atoms with Crippen molar-refractivity contribution in [3.63, 3.8) is 0 Å². The van der Waals surface area contributed by atoms with Crippen LogP contribution >= 0.6 is 23.4 Å². The number of amides is 1. The van der Waals surface area contributed by atoms with Crippen LogP contribution in [0.25, 0.3) is 0 Å². The minimum Gasteiger partial charge on any atom is -0.406 e. The number of thioether (sulfide) groups is 1. The van der Waals surface area contributed by atoms with Crippen molar-refractivity contribution in [2.45, 2.75) is 24.4 Å². The number of nitrogens with zero attached hydrogens (tertiary/aromatic N) is 4. The predicted molar refractivity (Wildman–Crippen MR) is 111 cm³/mol. The van der Waals surface area contributed by atoms with Crippen LogP contribution in [0, 0.1) is 11.3 Å². The van der Waals surface area contributed by atoms with Crippen LogP contribution in [0.15, 0.2) is 57.8 Å². The number of carbonyl (C=O) groups is 1. The van der Waals surface area contributed by atoms with E-state index in [1.54, 1.807) is 23.1 Å². The summed E-state index contributed by atoms with van der Waals surface area (Å²) in [5.41, 5.74) is 6.94. The highest BCUT2D eigenvalue weighted by Crippen LogP contribution is 2.29. The molecule has 29 heavy (non-hydrogen) atoms. The van der Waals surface area contributed by atoms with Gasteiger partial charge in [-0.2, -0.15) is 5.26 Å². The Bertz CT molecular complexity index is 1030. The number of anilines is 1. The van der Waals surface area contributed by atoms with E-state index >= 15 is 0 Å². The first-order chi connectivity index (χ1) is 14.0. The lowest BCUT2D eigenvalue weighted by Crippen LogP contribution is -2.34. The molecule has 0 aliphatic carbocycles. The average molecular weight is 428 g/mol. The number of halogens is 1. The van der Waals surface area contributed by atoms with Gasteiger partial charge >= 0.3 is 6.01 Å². The zero-order valence-corrected chi connectivity index (χ0v) is 17.2. The van der Waals surface area contributed by atoms with Crippen LogP contribution in [-0.2, 0) is 11.3 Å². The van der Waals surface area contributed by atoms with Gasteiger partial charge in [-0.25, -0.2) is 0 Å². The second kappa shape index (κ2) is 9.45. The first kappa shape index (κ1) is 20.7. The third-order valence-corrected chi connectivity index (χ3v) is 5.79. The van der Waals surface area contributed by atoms with Gasteiger partial charge in [-0.1, -0.05) is 41.0 Å². The minimum atomic E-state index is -0.282. The molecule has 0 spiro atoms. The van der Waals surface area contributed by atoms with Gasteiger partial charge in [0.15, 0.2) is 0 Å². The molecule has 3 rings (SSSR count). The van der Waals surface area contributed by atoms with Crippen molar-refractivity contribution in [2.24, 2.45) is 0 Å². The van der Waals surface area contributed by atoms with Gasteiger partial charge < -0.3 is 15.1 Å². The number of hydrogen-bond donors (Lipinski definition) is 1. The molecule has 1 amide bonds. The standard InChI is InChI=1S/C20H18ClN5O2S/c1-13(15-8-6-14(10-22)7-9-15)26(11-18-24-25-20(23)28-18)19(27)12-29-17-5-3-2-4-16(17)21/h2-9,13H,11-12H2,1H3,(H2,23,25). The quantitative estimate of drug-likeness (QED) is 0.566. The first-order valence-corrected chi connectivity index (χ1v) is 10.1. The molecule has 9 heteroatoms.